The summed E-state index contributed by atoms with van der Waals surface area (Å²) in [6.45, 7) is 7.40. The molecule has 9 nitrogen and oxygen atoms in total. The van der Waals surface area contributed by atoms with E-state index in [1.165, 1.54) is 9.30 Å². The quantitative estimate of drug-likeness (QED) is 0.224. The molecule has 3 heterocycles. The largest absolute Gasteiger partial charge is 0.481 e. The summed E-state index contributed by atoms with van der Waals surface area (Å²) >= 11 is 6.57. The van der Waals surface area contributed by atoms with Gasteiger partial charge in [0.25, 0.3) is 11.5 Å². The third kappa shape index (κ3) is 7.37. The molecular formula is C25H32N4O5S2. The first-order chi connectivity index (χ1) is 17.2. The summed E-state index contributed by atoms with van der Waals surface area (Å²) in [5.74, 6) is -0.675. The predicted octanol–water partition coefficient (Wildman–Crippen LogP) is 4.08. The first-order valence-electron chi connectivity index (χ1n) is 12.0. The van der Waals surface area contributed by atoms with Crippen LogP contribution in [-0.2, 0) is 14.3 Å². The second kappa shape index (κ2) is 13.0. The van der Waals surface area contributed by atoms with E-state index in [4.69, 9.17) is 22.1 Å². The number of carboxylic acid groups (broad SMARTS) is 1. The van der Waals surface area contributed by atoms with Gasteiger partial charge in [-0.05, 0) is 57.7 Å². The van der Waals surface area contributed by atoms with E-state index in [2.05, 4.69) is 10.3 Å². The van der Waals surface area contributed by atoms with Crippen LogP contribution in [0.1, 0.15) is 57.1 Å². The summed E-state index contributed by atoms with van der Waals surface area (Å²) in [6.07, 6.45) is 6.17. The first-order valence-corrected chi connectivity index (χ1v) is 13.3. The van der Waals surface area contributed by atoms with Gasteiger partial charge in [-0.3, -0.25) is 23.7 Å². The number of carbonyl (C=O) groups excluding carboxylic acids is 1. The molecule has 0 saturated carbocycles. The number of thiocarbonyl (C=S) groups is 1. The molecule has 2 aromatic rings. The number of aromatic nitrogens is 2. The normalized spacial score (nSPS) is 15.0. The van der Waals surface area contributed by atoms with Crippen molar-refractivity contribution in [3.63, 3.8) is 0 Å². The van der Waals surface area contributed by atoms with Crippen LogP contribution in [0.5, 0.6) is 0 Å². The molecule has 0 bridgehead atoms. The highest BCUT2D eigenvalue weighted by atomic mass is 32.2. The van der Waals surface area contributed by atoms with Gasteiger partial charge in [0.05, 0.1) is 16.6 Å². The van der Waals surface area contributed by atoms with Crippen LogP contribution < -0.4 is 10.9 Å². The Labute approximate surface area is 219 Å². The lowest BCUT2D eigenvalue weighted by atomic mass is 10.2. The minimum absolute atomic E-state index is 0.107. The molecule has 3 rings (SSSR count). The van der Waals surface area contributed by atoms with Crippen molar-refractivity contribution in [2.75, 3.05) is 25.0 Å². The summed E-state index contributed by atoms with van der Waals surface area (Å²) in [6, 6.07) is 3.68. The number of hydrogen-bond donors (Lipinski definition) is 2. The van der Waals surface area contributed by atoms with E-state index < -0.39 is 5.97 Å². The van der Waals surface area contributed by atoms with Gasteiger partial charge in [-0.25, -0.2) is 4.98 Å². The van der Waals surface area contributed by atoms with Crippen LogP contribution in [-0.4, -0.2) is 61.4 Å². The third-order valence-corrected chi connectivity index (χ3v) is 6.87. The Bertz CT molecular complexity index is 1220. The van der Waals surface area contributed by atoms with E-state index in [9.17, 15) is 14.4 Å². The van der Waals surface area contributed by atoms with Gasteiger partial charge in [-0.2, -0.15) is 0 Å². The van der Waals surface area contributed by atoms with Crippen LogP contribution in [0.4, 0.5) is 5.82 Å². The minimum atomic E-state index is -0.828. The molecule has 11 heteroatoms. The highest BCUT2D eigenvalue weighted by Crippen LogP contribution is 2.33. The molecule has 2 aromatic heterocycles. The van der Waals surface area contributed by atoms with E-state index in [1.54, 1.807) is 18.3 Å². The van der Waals surface area contributed by atoms with Gasteiger partial charge in [-0.1, -0.05) is 36.5 Å². The summed E-state index contributed by atoms with van der Waals surface area (Å²) in [7, 11) is 0. The molecule has 0 spiro atoms. The standard InChI is InChI=1S/C25H32N4O5S2/c1-16(2)34-13-7-11-26-22-18(23(32)29-15-17(3)9-10-20(29)27-22)14-19-24(33)28(25(35)36-19)12-6-4-5-8-21(30)31/h9-10,14-16,26H,4-8,11-13H2,1-3H3,(H,30,31). The average Bonchev–Trinajstić information content (AvgIpc) is 3.08. The molecule has 1 aliphatic rings. The van der Waals surface area contributed by atoms with E-state index in [-0.39, 0.29) is 24.0 Å². The second-order valence-corrected chi connectivity index (χ2v) is 10.5. The number of hydrogen-bond acceptors (Lipinski definition) is 8. The highest BCUT2D eigenvalue weighted by molar-refractivity contribution is 8.26. The number of ether oxygens (including phenoxy) is 1. The number of nitrogens with one attached hydrogen (secondary N) is 1. The molecule has 1 saturated heterocycles. The number of rotatable bonds is 13. The van der Waals surface area contributed by atoms with Crippen molar-refractivity contribution in [2.24, 2.45) is 0 Å². The van der Waals surface area contributed by atoms with Crippen LogP contribution in [0.25, 0.3) is 11.7 Å². The molecule has 1 amide bonds. The summed E-state index contributed by atoms with van der Waals surface area (Å²) in [5.41, 5.74) is 1.45. The predicted molar refractivity (Wildman–Crippen MR) is 146 cm³/mol. The van der Waals surface area contributed by atoms with Crippen molar-refractivity contribution in [1.29, 1.82) is 0 Å². The Hall–Kier alpha value is -2.76. The third-order valence-electron chi connectivity index (χ3n) is 5.49. The number of carbonyl (C=O) groups is 2. The lowest BCUT2D eigenvalue weighted by molar-refractivity contribution is -0.137. The number of aliphatic carboxylic acids is 1. The fraction of sp³-hybridized carbons (Fsp3) is 0.480. The van der Waals surface area contributed by atoms with Crippen LogP contribution >= 0.6 is 24.0 Å². The van der Waals surface area contributed by atoms with Crippen LogP contribution in [0.3, 0.4) is 0 Å². The SMILES string of the molecule is Cc1ccc2nc(NCCCOC(C)C)c(C=C3SC(=S)N(CCCCCC(=O)O)C3=O)c(=O)n2c1. The number of carboxylic acids is 1. The molecule has 0 radical (unpaired) electrons. The van der Waals surface area contributed by atoms with Gasteiger partial charge in [0.2, 0.25) is 0 Å². The van der Waals surface area contributed by atoms with Gasteiger partial charge in [-0.15, -0.1) is 0 Å². The lowest BCUT2D eigenvalue weighted by Crippen LogP contribution is -2.29. The average molecular weight is 533 g/mol. The molecule has 36 heavy (non-hydrogen) atoms. The topological polar surface area (TPSA) is 113 Å². The lowest BCUT2D eigenvalue weighted by Gasteiger charge is -2.14. The zero-order valence-electron chi connectivity index (χ0n) is 20.8. The number of thioether (sulfide) groups is 1. The van der Waals surface area contributed by atoms with E-state index in [0.29, 0.717) is 65.2 Å². The minimum Gasteiger partial charge on any atom is -0.481 e. The summed E-state index contributed by atoms with van der Waals surface area (Å²) < 4.78 is 7.50. The van der Waals surface area contributed by atoms with E-state index >= 15 is 0 Å². The van der Waals surface area contributed by atoms with Crippen molar-refractivity contribution in [2.45, 2.75) is 59.0 Å². The van der Waals surface area contributed by atoms with Crippen LogP contribution in [0.15, 0.2) is 28.0 Å². The number of aryl methyl sites for hydroxylation is 1. The number of pyridine rings is 1. The zero-order chi connectivity index (χ0) is 26.2. The van der Waals surface area contributed by atoms with Crippen LogP contribution in [0, 0.1) is 6.92 Å². The molecule has 1 fully saturated rings. The van der Waals surface area contributed by atoms with Gasteiger partial charge in [0.1, 0.15) is 15.8 Å². The molecule has 0 unspecified atom stereocenters. The maximum absolute atomic E-state index is 13.4. The number of unbranched alkanes of at least 4 members (excludes halogenated alkanes) is 2. The van der Waals surface area contributed by atoms with Crippen LogP contribution in [0.2, 0.25) is 0 Å². The number of amides is 1. The highest BCUT2D eigenvalue weighted by Gasteiger charge is 2.32. The van der Waals surface area contributed by atoms with Crippen molar-refractivity contribution in [3.8, 4) is 0 Å². The molecular weight excluding hydrogens is 500 g/mol. The zero-order valence-corrected chi connectivity index (χ0v) is 22.4. The molecule has 2 N–H and O–H groups in total. The molecule has 0 aliphatic carbocycles. The van der Waals surface area contributed by atoms with Crippen molar-refractivity contribution in [3.05, 3.63) is 44.7 Å². The Morgan fingerprint density at radius 3 is 2.75 bits per heavy atom. The van der Waals surface area contributed by atoms with Crippen molar-refractivity contribution in [1.82, 2.24) is 14.3 Å². The van der Waals surface area contributed by atoms with Crippen molar-refractivity contribution >= 4 is 57.7 Å². The second-order valence-electron chi connectivity index (χ2n) is 8.85. The van der Waals surface area contributed by atoms with Gasteiger partial charge in [0.15, 0.2) is 0 Å². The first kappa shape index (κ1) is 27.8. The number of fused-ring (bicyclic) bond motifs is 1. The molecule has 0 atom stereocenters. The Kier molecular flexibility index (Phi) is 10.0. The summed E-state index contributed by atoms with van der Waals surface area (Å²) in [5, 5.41) is 12.0. The maximum atomic E-state index is 13.4. The monoisotopic (exact) mass is 532 g/mol. The Balaban J connectivity index is 1.83. The van der Waals surface area contributed by atoms with Gasteiger partial charge in [0, 0.05) is 32.3 Å². The van der Waals surface area contributed by atoms with Gasteiger partial charge < -0.3 is 15.2 Å². The fourth-order valence-electron chi connectivity index (χ4n) is 3.67. The maximum Gasteiger partial charge on any atom is 0.303 e. The number of anilines is 1. The van der Waals surface area contributed by atoms with E-state index in [0.717, 1.165) is 23.7 Å². The fourth-order valence-corrected chi connectivity index (χ4v) is 4.96. The van der Waals surface area contributed by atoms with E-state index in [1.807, 2.05) is 26.8 Å². The molecule has 194 valence electrons. The molecule has 1 aliphatic heterocycles. The smallest absolute Gasteiger partial charge is 0.303 e. The summed E-state index contributed by atoms with van der Waals surface area (Å²) in [4.78, 5) is 43.7. The Morgan fingerprint density at radius 2 is 2.03 bits per heavy atom. The molecule has 0 aromatic carbocycles. The van der Waals surface area contributed by atoms with Gasteiger partial charge >= 0.3 is 5.97 Å². The number of nitrogens with zero attached hydrogens (tertiary/aromatic N) is 3. The van der Waals surface area contributed by atoms with Crippen molar-refractivity contribution < 1.29 is 19.4 Å². The Morgan fingerprint density at radius 1 is 1.25 bits per heavy atom.